The summed E-state index contributed by atoms with van der Waals surface area (Å²) in [7, 11) is 0. The molecule has 3 aliphatic rings. The van der Waals surface area contributed by atoms with E-state index in [0.717, 1.165) is 153 Å². The molecule has 20 heteroatoms. The minimum absolute atomic E-state index is 0.126. The van der Waals surface area contributed by atoms with Crippen LogP contribution >= 0.6 is 109 Å². The molecular weight excluding hydrogens is 2030 g/mol. The van der Waals surface area contributed by atoms with Crippen LogP contribution in [0.3, 0.4) is 0 Å². The Kier molecular flexibility index (Phi) is 62.1. The molecule has 6 heterocycles. The molecule has 4 N–H and O–H groups in total. The number of amides is 4. The van der Waals surface area contributed by atoms with Gasteiger partial charge in [-0.05, 0) is 199 Å². The number of carbonyl (C=O) groups is 6. The van der Waals surface area contributed by atoms with Gasteiger partial charge in [0.05, 0.1) is 49.5 Å². The molecule has 0 radical (unpaired) electrons. The standard InChI is InChI=1S/C58H96Br2N2O6S2.C58H88Br2N2O2S2/c1-5-9-13-17-21-23-27-31-35-45(33-29-25-19-15-11-7-3)43-61-55(65)57(67,51-37-39-53(59)69-51)47-41-50(64)48(42-49(47)63)58(68,52-38-40-54(60)70-52)56(66)62-44-46(34-30-26-20-16-12-8-4)36-32-28-24-22-18-14-10-6-2;1-5-9-13-17-21-23-27-31-35-45(33-29-25-19-15-11-7-3)43-61-49-41-48-50(42-47(49)55(57(61)63)51-37-39-53(59)65-51)62(58(64)56(48)52-38-40-54(60)66-52)44-46(34-30-26-20-16-12-8-4)36-32-28-24-22-18-14-10-6-2/h37-40,45-48,67-68H,5-36,41-44H2,1-4H3,(H,61,65)(H,62,66);37-42,45-46H,5-36,43-44H2,1-4H3. The highest BCUT2D eigenvalue weighted by Crippen LogP contribution is 2.48. The van der Waals surface area contributed by atoms with Crippen molar-refractivity contribution in [1.29, 1.82) is 0 Å². The number of unbranched alkanes of at least 4 members (excludes halogenated alkanes) is 48. The Bertz CT molecular complexity index is 4020. The fourth-order valence-corrected chi connectivity index (χ4v) is 27.1. The third-order valence-corrected chi connectivity index (χ3v) is 36.5. The molecule has 12 nitrogen and oxygen atoms in total. The van der Waals surface area contributed by atoms with Gasteiger partial charge in [-0.3, -0.25) is 28.8 Å². The summed E-state index contributed by atoms with van der Waals surface area (Å²) in [6.45, 7) is 20.3. The molecule has 1 fully saturated rings. The first-order valence-corrected chi connectivity index (χ1v) is 62.3. The van der Waals surface area contributed by atoms with Crippen LogP contribution in [0, 0.1) is 35.5 Å². The van der Waals surface area contributed by atoms with E-state index in [0.29, 0.717) is 32.5 Å². The van der Waals surface area contributed by atoms with Crippen LogP contribution < -0.4 is 30.9 Å². The monoisotopic (exact) mass is 2200 g/mol. The highest BCUT2D eigenvalue weighted by molar-refractivity contribution is 9.11. The lowest BCUT2D eigenvalue weighted by Gasteiger charge is -2.41. The second-order valence-electron chi connectivity index (χ2n) is 41.0. The van der Waals surface area contributed by atoms with E-state index in [1.807, 2.05) is 0 Å². The van der Waals surface area contributed by atoms with Gasteiger partial charge in [0.1, 0.15) is 11.6 Å². The smallest absolute Gasteiger partial charge is 0.260 e. The number of halogens is 4. The summed E-state index contributed by atoms with van der Waals surface area (Å²) in [6, 6.07) is 19.7. The summed E-state index contributed by atoms with van der Waals surface area (Å²) in [5.41, 5.74) is -1.04. The summed E-state index contributed by atoms with van der Waals surface area (Å²) in [5.74, 6) is -3.57. The number of hydrogen-bond acceptors (Lipinski definition) is 12. The fraction of sp³-hybridized carbons (Fsp3) is 0.741. The van der Waals surface area contributed by atoms with Crippen molar-refractivity contribution in [3.8, 4) is 0 Å². The number of thiophene rings is 4. The van der Waals surface area contributed by atoms with Gasteiger partial charge in [0, 0.05) is 69.0 Å². The molecule has 4 aromatic heterocycles. The number of carbonyl (C=O) groups excluding carboxylic acids is 6. The number of ketones is 2. The maximum atomic E-state index is 15.1. The van der Waals surface area contributed by atoms with E-state index >= 15 is 9.59 Å². The van der Waals surface area contributed by atoms with Gasteiger partial charge in [-0.2, -0.15) is 0 Å². The number of fused-ring (bicyclic) bond motifs is 2. The summed E-state index contributed by atoms with van der Waals surface area (Å²) >= 11 is 20.1. The summed E-state index contributed by atoms with van der Waals surface area (Å²) in [5, 5.41) is 33.6. The average molecular weight is 2210 g/mol. The second kappa shape index (κ2) is 70.6. The van der Waals surface area contributed by atoms with Crippen LogP contribution in [0.1, 0.15) is 499 Å². The molecule has 1 aliphatic carbocycles. The Morgan fingerprint density at radius 1 is 0.316 bits per heavy atom. The van der Waals surface area contributed by atoms with Crippen LogP contribution in [0.4, 0.5) is 11.4 Å². The normalized spacial score (nSPS) is 16.2. The number of aliphatic hydroxyl groups is 2. The van der Waals surface area contributed by atoms with E-state index in [-0.39, 0.29) is 33.4 Å². The quantitative estimate of drug-likeness (QED) is 0.0278. The van der Waals surface area contributed by atoms with Gasteiger partial charge >= 0.3 is 0 Å². The predicted octanol–water partition coefficient (Wildman–Crippen LogP) is 34.8. The average Bonchev–Trinajstić information content (AvgIpc) is 1.55. The molecule has 0 bridgehead atoms. The molecule has 0 spiro atoms. The maximum Gasteiger partial charge on any atom is 0.260 e. The van der Waals surface area contributed by atoms with Crippen LogP contribution in [0.2, 0.25) is 0 Å². The van der Waals surface area contributed by atoms with Gasteiger partial charge in [0.25, 0.3) is 23.6 Å². The molecule has 2 aliphatic heterocycles. The summed E-state index contributed by atoms with van der Waals surface area (Å²) in [4.78, 5) is 95.5. The van der Waals surface area contributed by atoms with E-state index < -0.39 is 59.3 Å². The van der Waals surface area contributed by atoms with Crippen LogP contribution in [-0.2, 0) is 40.0 Å². The van der Waals surface area contributed by atoms with E-state index in [9.17, 15) is 29.4 Å². The number of nitrogens with zero attached hydrogens (tertiary/aromatic N) is 2. The van der Waals surface area contributed by atoms with Crippen molar-refractivity contribution in [1.82, 2.24) is 10.6 Å². The zero-order valence-corrected chi connectivity index (χ0v) is 95.7. The van der Waals surface area contributed by atoms with Gasteiger partial charge in [0.15, 0.2) is 11.2 Å². The van der Waals surface area contributed by atoms with Gasteiger partial charge in [0.2, 0.25) is 0 Å². The lowest BCUT2D eigenvalue weighted by molar-refractivity contribution is -0.168. The van der Waals surface area contributed by atoms with Gasteiger partial charge in [-0.1, -0.05) is 415 Å². The van der Waals surface area contributed by atoms with Gasteiger partial charge < -0.3 is 30.6 Å². The molecule has 1 aromatic carbocycles. The molecule has 1 saturated carbocycles. The number of nitrogens with one attached hydrogen (secondary N) is 2. The maximum absolute atomic E-state index is 15.1. The van der Waals surface area contributed by atoms with Gasteiger partial charge in [-0.25, -0.2) is 0 Å². The number of rotatable bonds is 80. The largest absolute Gasteiger partial charge is 0.374 e. The Morgan fingerprint density at radius 3 is 0.743 bits per heavy atom. The number of benzene rings is 1. The topological polar surface area (TPSA) is 173 Å². The van der Waals surface area contributed by atoms with Crippen LogP contribution in [0.25, 0.3) is 11.1 Å². The molecule has 8 atom stereocenters. The zero-order valence-electron chi connectivity index (χ0n) is 86.1. The van der Waals surface area contributed by atoms with E-state index in [4.69, 9.17) is 0 Å². The van der Waals surface area contributed by atoms with Crippen molar-refractivity contribution in [2.45, 2.75) is 490 Å². The molecular formula is C116H184Br4N4O8S4. The lowest BCUT2D eigenvalue weighted by Crippen LogP contribution is -2.59. The first-order valence-electron chi connectivity index (χ1n) is 55.8. The Labute approximate surface area is 876 Å². The predicted molar refractivity (Wildman–Crippen MR) is 598 cm³/mol. The summed E-state index contributed by atoms with van der Waals surface area (Å²) in [6.07, 6.45) is 78.0. The zero-order chi connectivity index (χ0) is 98.0. The highest BCUT2D eigenvalue weighted by atomic mass is 79.9. The van der Waals surface area contributed by atoms with E-state index in [1.54, 1.807) is 46.9 Å². The van der Waals surface area contributed by atoms with Crippen LogP contribution in [-0.4, -0.2) is 71.6 Å². The minimum Gasteiger partial charge on any atom is -0.374 e. The number of anilines is 2. The molecule has 136 heavy (non-hydrogen) atoms. The number of hydrogen-bond donors (Lipinski definition) is 4. The fourth-order valence-electron chi connectivity index (χ4n) is 21.2. The van der Waals surface area contributed by atoms with E-state index in [1.165, 1.54) is 344 Å². The van der Waals surface area contributed by atoms with E-state index in [2.05, 4.69) is 176 Å². The lowest BCUT2D eigenvalue weighted by atomic mass is 9.66. The minimum atomic E-state index is -2.32. The Balaban J connectivity index is 0.000000371. The highest BCUT2D eigenvalue weighted by Gasteiger charge is 2.59. The molecule has 0 saturated heterocycles. The number of Topliss-reactive ketones (excluding diaryl/α,β-unsaturated/α-hetero) is 2. The molecule has 8 unspecified atom stereocenters. The van der Waals surface area contributed by atoms with Crippen LogP contribution in [0.5, 0.6) is 0 Å². The third-order valence-electron chi connectivity index (χ3n) is 29.7. The van der Waals surface area contributed by atoms with Crippen molar-refractivity contribution >= 4 is 167 Å². The van der Waals surface area contributed by atoms with Gasteiger partial charge in [-0.15, -0.1) is 45.3 Å². The Morgan fingerprint density at radius 2 is 0.529 bits per heavy atom. The van der Waals surface area contributed by atoms with Crippen LogP contribution in [0.15, 0.2) is 75.8 Å². The van der Waals surface area contributed by atoms with Crippen molar-refractivity contribution in [3.63, 3.8) is 0 Å². The molecule has 768 valence electrons. The molecule has 4 amide bonds. The van der Waals surface area contributed by atoms with Crippen molar-refractivity contribution in [2.75, 3.05) is 36.0 Å². The second-order valence-corrected chi connectivity index (χ2v) is 50.9. The first-order chi connectivity index (χ1) is 66.2. The van der Waals surface area contributed by atoms with Crippen molar-refractivity contribution < 1.29 is 39.0 Å². The van der Waals surface area contributed by atoms with Crippen molar-refractivity contribution in [3.05, 3.63) is 106 Å². The third kappa shape index (κ3) is 41.4. The van der Waals surface area contributed by atoms with Crippen molar-refractivity contribution in [2.24, 2.45) is 35.5 Å². The Hall–Kier alpha value is -3.18. The summed E-state index contributed by atoms with van der Waals surface area (Å²) < 4.78 is 3.43. The molecule has 5 aromatic rings. The SMILES string of the molecule is CCCCCCCCCCC(CCCCCCCC)CN1C(=O)C(c2ccc(Br)s2)=c2cc3c(cc21)=C(c1ccc(Br)s1)C(=O)N3CC(CCCCCCCC)CCCCCCCCCC.CCCCCCCCCCC(CCCCCCCC)CNC(=O)C(O)(c1ccc(Br)s1)C1CC(=O)C(C(O)(C(=O)NCC(CCCCCCCC)CCCCCCCCCC)c2ccc(Br)s2)CC1=O. The first kappa shape index (κ1) is 120. The molecule has 8 rings (SSSR count).